The van der Waals surface area contributed by atoms with Gasteiger partial charge in [-0.3, -0.25) is 4.72 Å². The molecule has 2 aromatic rings. The van der Waals surface area contributed by atoms with Gasteiger partial charge in [-0.2, -0.15) is 0 Å². The zero-order chi connectivity index (χ0) is 14.6. The molecule has 0 aliphatic carbocycles. The van der Waals surface area contributed by atoms with Gasteiger partial charge in [0.2, 0.25) is 10.0 Å². The summed E-state index contributed by atoms with van der Waals surface area (Å²) in [5.74, 6) is -0.252. The molecular formula is C11H9N6NaO2S. The Kier molecular flexibility index (Phi) is 6.13. The van der Waals surface area contributed by atoms with Gasteiger partial charge in [-0.05, 0) is 36.3 Å². The molecule has 0 N–H and O–H groups in total. The van der Waals surface area contributed by atoms with Crippen molar-refractivity contribution in [1.29, 1.82) is 0 Å². The fourth-order valence-corrected chi connectivity index (χ4v) is 2.33. The van der Waals surface area contributed by atoms with Gasteiger partial charge < -0.3 is 9.97 Å². The zero-order valence-corrected chi connectivity index (χ0v) is 14.2. The molecule has 102 valence electrons. The molecule has 0 amide bonds. The van der Waals surface area contributed by atoms with Crippen molar-refractivity contribution >= 4 is 21.8 Å². The minimum Gasteiger partial charge on any atom is -0.363 e. The minimum atomic E-state index is -3.90. The van der Waals surface area contributed by atoms with E-state index in [4.69, 9.17) is 5.53 Å². The van der Waals surface area contributed by atoms with E-state index in [2.05, 4.69) is 24.7 Å². The van der Waals surface area contributed by atoms with Crippen molar-refractivity contribution in [2.24, 2.45) is 5.11 Å². The number of nitrogens with zero attached hydrogens (tertiary/aromatic N) is 6. The van der Waals surface area contributed by atoms with E-state index in [-0.39, 0.29) is 46.2 Å². The van der Waals surface area contributed by atoms with Gasteiger partial charge >= 0.3 is 29.6 Å². The molecule has 21 heavy (non-hydrogen) atoms. The molecule has 0 spiro atoms. The van der Waals surface area contributed by atoms with Crippen molar-refractivity contribution in [2.75, 3.05) is 0 Å². The smallest absolute Gasteiger partial charge is 0.363 e. The predicted octanol–water partition coefficient (Wildman–Crippen LogP) is 0.125. The Morgan fingerprint density at radius 1 is 1.24 bits per heavy atom. The first kappa shape index (κ1) is 17.4. The average Bonchev–Trinajstić information content (AvgIpc) is 2.39. The normalized spacial score (nSPS) is 10.1. The summed E-state index contributed by atoms with van der Waals surface area (Å²) in [6.45, 7) is 1.62. The second kappa shape index (κ2) is 7.39. The van der Waals surface area contributed by atoms with Crippen LogP contribution in [0.25, 0.3) is 15.2 Å². The van der Waals surface area contributed by atoms with E-state index in [1.54, 1.807) is 25.1 Å². The number of sulfonamides is 1. The molecule has 1 aromatic carbocycles. The van der Waals surface area contributed by atoms with Crippen molar-refractivity contribution in [2.45, 2.75) is 11.8 Å². The van der Waals surface area contributed by atoms with Gasteiger partial charge in [0, 0.05) is 10.9 Å². The van der Waals surface area contributed by atoms with Gasteiger partial charge in [-0.25, -0.2) is 8.42 Å². The Morgan fingerprint density at radius 3 is 2.52 bits per heavy atom. The minimum absolute atomic E-state index is 0. The number of azide groups is 1. The van der Waals surface area contributed by atoms with Crippen LogP contribution in [0.3, 0.4) is 0 Å². The van der Waals surface area contributed by atoms with Gasteiger partial charge in [-0.15, -0.1) is 0 Å². The third-order valence-corrected chi connectivity index (χ3v) is 3.49. The van der Waals surface area contributed by atoms with Gasteiger partial charge in [0.1, 0.15) is 0 Å². The molecule has 10 heteroatoms. The summed E-state index contributed by atoms with van der Waals surface area (Å²) in [5.41, 5.74) is 8.81. The standard InChI is InChI=1S/C11H9N6O2S.Na/c1-8-7-10(15-17-12)14-11(13-8)16-20(18,19)9-5-3-2-4-6-9;/h2-7H,1H3;/q-1;+1. The predicted molar refractivity (Wildman–Crippen MR) is 72.2 cm³/mol. The fraction of sp³-hybridized carbons (Fsp3) is 0.0909. The van der Waals surface area contributed by atoms with Crippen LogP contribution >= 0.6 is 0 Å². The van der Waals surface area contributed by atoms with Gasteiger partial charge in [0.15, 0.2) is 0 Å². The Morgan fingerprint density at radius 2 is 1.90 bits per heavy atom. The van der Waals surface area contributed by atoms with E-state index in [0.29, 0.717) is 5.69 Å². The van der Waals surface area contributed by atoms with Crippen molar-refractivity contribution in [3.63, 3.8) is 0 Å². The summed E-state index contributed by atoms with van der Waals surface area (Å²) in [6.07, 6.45) is 0. The van der Waals surface area contributed by atoms with Crippen LogP contribution in [0.2, 0.25) is 0 Å². The molecule has 8 nitrogen and oxygen atoms in total. The molecule has 0 aliphatic rings. The molecule has 0 atom stereocenters. The first-order valence-corrected chi connectivity index (χ1v) is 6.89. The molecule has 0 saturated heterocycles. The summed E-state index contributed by atoms with van der Waals surface area (Å²) < 4.78 is 27.6. The molecular weight excluding hydrogens is 303 g/mol. The van der Waals surface area contributed by atoms with Crippen molar-refractivity contribution in [3.8, 4) is 0 Å². The molecule has 0 saturated carbocycles. The zero-order valence-electron chi connectivity index (χ0n) is 11.4. The summed E-state index contributed by atoms with van der Waals surface area (Å²) in [7, 11) is -3.90. The number of aromatic nitrogens is 2. The third-order valence-electron chi connectivity index (χ3n) is 2.22. The van der Waals surface area contributed by atoms with Crippen LogP contribution in [-0.4, -0.2) is 18.4 Å². The maximum absolute atomic E-state index is 12.0. The first-order chi connectivity index (χ1) is 9.51. The van der Waals surface area contributed by atoms with E-state index in [1.165, 1.54) is 18.2 Å². The average molecular weight is 312 g/mol. The van der Waals surface area contributed by atoms with Crippen molar-refractivity contribution in [3.05, 3.63) is 57.3 Å². The van der Waals surface area contributed by atoms with Crippen LogP contribution in [-0.2, 0) is 10.0 Å². The van der Waals surface area contributed by atoms with Gasteiger partial charge in [-0.1, -0.05) is 23.3 Å². The van der Waals surface area contributed by atoms with Crippen LogP contribution in [0.15, 0.2) is 46.4 Å². The quantitative estimate of drug-likeness (QED) is 0.344. The molecule has 1 aromatic heterocycles. The number of rotatable bonds is 4. The molecule has 0 aliphatic heterocycles. The van der Waals surface area contributed by atoms with E-state index >= 15 is 0 Å². The molecule has 0 bridgehead atoms. The van der Waals surface area contributed by atoms with Crippen LogP contribution < -0.4 is 29.6 Å². The first-order valence-electron chi connectivity index (χ1n) is 5.45. The second-order valence-corrected chi connectivity index (χ2v) is 5.34. The number of hydrogen-bond donors (Lipinski definition) is 0. The van der Waals surface area contributed by atoms with Crippen LogP contribution in [0.5, 0.6) is 0 Å². The Balaban J connectivity index is 0.00000220. The van der Waals surface area contributed by atoms with Gasteiger partial charge in [0.25, 0.3) is 0 Å². The Bertz CT molecular complexity index is 775. The third kappa shape index (κ3) is 4.69. The Labute approximate surface area is 143 Å². The number of aryl methyl sites for hydroxylation is 1. The molecule has 0 fully saturated rings. The topological polar surface area (TPSA) is 123 Å². The monoisotopic (exact) mass is 312 g/mol. The van der Waals surface area contributed by atoms with Crippen molar-refractivity contribution < 1.29 is 38.0 Å². The number of benzene rings is 1. The van der Waals surface area contributed by atoms with E-state index in [9.17, 15) is 8.42 Å². The van der Waals surface area contributed by atoms with E-state index in [1.807, 2.05) is 0 Å². The number of hydrogen-bond acceptors (Lipinski definition) is 5. The molecule has 1 heterocycles. The van der Waals surface area contributed by atoms with Gasteiger partial charge in [0.05, 0.1) is 10.7 Å². The fourth-order valence-electron chi connectivity index (χ4n) is 1.43. The van der Waals surface area contributed by atoms with E-state index < -0.39 is 10.0 Å². The van der Waals surface area contributed by atoms with Crippen LogP contribution in [0, 0.1) is 6.92 Å². The summed E-state index contributed by atoms with van der Waals surface area (Å²) in [4.78, 5) is 10.3. The van der Waals surface area contributed by atoms with Crippen LogP contribution in [0.4, 0.5) is 11.8 Å². The Hall–Kier alpha value is -1.64. The molecule has 2 rings (SSSR count). The summed E-state index contributed by atoms with van der Waals surface area (Å²) in [6, 6.07) is 9.14. The summed E-state index contributed by atoms with van der Waals surface area (Å²) in [5, 5.41) is 3.31. The maximum Gasteiger partial charge on any atom is 1.00 e. The molecule has 0 unspecified atom stereocenters. The molecule has 0 radical (unpaired) electrons. The second-order valence-electron chi connectivity index (χ2n) is 3.74. The van der Waals surface area contributed by atoms with Crippen LogP contribution in [0.1, 0.15) is 5.69 Å². The van der Waals surface area contributed by atoms with E-state index in [0.717, 1.165) is 0 Å². The maximum atomic E-state index is 12.0. The summed E-state index contributed by atoms with van der Waals surface area (Å²) >= 11 is 0. The SMILES string of the molecule is Cc1cc(N=[N+]=[N-])nc([N-]S(=O)(=O)c2ccccc2)n1.[Na+]. The largest absolute Gasteiger partial charge is 1.00 e. The van der Waals surface area contributed by atoms with Crippen molar-refractivity contribution in [1.82, 2.24) is 9.97 Å².